The minimum Gasteiger partial charge on any atom is -0.454 e. The molecule has 0 amide bonds. The maximum Gasteiger partial charge on any atom is 0.231 e. The van der Waals surface area contributed by atoms with Gasteiger partial charge in [-0.3, -0.25) is 4.79 Å². The Labute approximate surface area is 173 Å². The summed E-state index contributed by atoms with van der Waals surface area (Å²) in [5, 5.41) is 6.62. The number of anilines is 1. The average molecular weight is 435 g/mol. The van der Waals surface area contributed by atoms with Gasteiger partial charge in [-0.2, -0.15) is 0 Å². The quantitative estimate of drug-likeness (QED) is 0.509. The Morgan fingerprint density at radius 3 is 2.45 bits per heavy atom. The number of sulfone groups is 1. The van der Waals surface area contributed by atoms with Gasteiger partial charge in [-0.05, 0) is 55.7 Å². The third-order valence-electron chi connectivity index (χ3n) is 4.86. The predicted octanol–water partition coefficient (Wildman–Crippen LogP) is 3.46. The Kier molecular flexibility index (Phi) is 5.38. The number of carbonyl (C=O) groups excluding carboxylic acids is 1. The molecule has 1 aliphatic carbocycles. The van der Waals surface area contributed by atoms with E-state index in [1.807, 2.05) is 0 Å². The number of halogens is 1. The van der Waals surface area contributed by atoms with Crippen molar-refractivity contribution in [1.82, 2.24) is 5.32 Å². The van der Waals surface area contributed by atoms with Crippen molar-refractivity contribution in [2.24, 2.45) is 0 Å². The summed E-state index contributed by atoms with van der Waals surface area (Å²) < 4.78 is 36.9. The van der Waals surface area contributed by atoms with E-state index in [0.717, 1.165) is 19.3 Å². The number of allylic oxidation sites excluding steroid dienone is 1. The van der Waals surface area contributed by atoms with Crippen LogP contribution in [0, 0.1) is 0 Å². The van der Waals surface area contributed by atoms with Crippen molar-refractivity contribution < 1.29 is 22.7 Å². The number of ether oxygens (including phenoxy) is 2. The van der Waals surface area contributed by atoms with E-state index in [4.69, 9.17) is 21.1 Å². The zero-order valence-electron chi connectivity index (χ0n) is 15.4. The molecule has 0 saturated heterocycles. The number of hydrogen-bond donors (Lipinski definition) is 2. The molecule has 4 rings (SSSR count). The van der Waals surface area contributed by atoms with E-state index < -0.39 is 9.84 Å². The molecule has 29 heavy (non-hydrogen) atoms. The molecule has 1 aliphatic heterocycles. The van der Waals surface area contributed by atoms with Crippen LogP contribution in [0.5, 0.6) is 11.5 Å². The maximum absolute atomic E-state index is 13.1. The van der Waals surface area contributed by atoms with E-state index in [9.17, 15) is 13.2 Å². The van der Waals surface area contributed by atoms with E-state index in [0.29, 0.717) is 28.5 Å². The van der Waals surface area contributed by atoms with Crippen LogP contribution in [0.25, 0.3) is 0 Å². The molecule has 2 aromatic rings. The van der Waals surface area contributed by atoms with Crippen LogP contribution in [0.1, 0.15) is 19.3 Å². The molecule has 0 aromatic heterocycles. The van der Waals surface area contributed by atoms with Crippen molar-refractivity contribution in [3.8, 4) is 11.5 Å². The molecule has 0 radical (unpaired) electrons. The molecular weight excluding hydrogens is 416 g/mol. The Bertz CT molecular complexity index is 1060. The number of rotatable bonds is 7. The van der Waals surface area contributed by atoms with Crippen molar-refractivity contribution in [3.63, 3.8) is 0 Å². The second-order valence-electron chi connectivity index (χ2n) is 6.78. The van der Waals surface area contributed by atoms with Crippen LogP contribution < -0.4 is 20.1 Å². The minimum atomic E-state index is -4.06. The second kappa shape index (κ2) is 7.96. The number of fused-ring (bicyclic) bond motifs is 1. The number of nitrogens with one attached hydrogen (secondary N) is 2. The molecular formula is C20H19ClN2O5S. The number of benzene rings is 2. The molecule has 0 atom stereocenters. The zero-order valence-corrected chi connectivity index (χ0v) is 16.9. The topological polar surface area (TPSA) is 93.7 Å². The lowest BCUT2D eigenvalue weighted by molar-refractivity contribution is -0.104. The van der Waals surface area contributed by atoms with Crippen LogP contribution in [-0.2, 0) is 14.6 Å². The highest BCUT2D eigenvalue weighted by Gasteiger charge is 2.28. The standard InChI is InChI=1S/C20H19ClN2O5S/c21-13-4-7-16(8-5-13)29(25,26)19(11-24)20(22-14-2-1-3-14)23-15-6-9-17-18(10-15)28-12-27-17/h4-11,14,22-23H,1-3,12H2. The Hall–Kier alpha value is -2.71. The molecule has 2 N–H and O–H groups in total. The molecule has 0 unspecified atom stereocenters. The molecule has 1 fully saturated rings. The van der Waals surface area contributed by atoms with Crippen LogP contribution in [0.4, 0.5) is 5.69 Å². The second-order valence-corrected chi connectivity index (χ2v) is 9.13. The summed E-state index contributed by atoms with van der Waals surface area (Å²) in [4.78, 5) is 11.5. The highest BCUT2D eigenvalue weighted by atomic mass is 35.5. The van der Waals surface area contributed by atoms with Gasteiger partial charge in [0.25, 0.3) is 0 Å². The smallest absolute Gasteiger partial charge is 0.231 e. The van der Waals surface area contributed by atoms with Gasteiger partial charge < -0.3 is 20.1 Å². The van der Waals surface area contributed by atoms with Gasteiger partial charge in [0.2, 0.25) is 16.6 Å². The van der Waals surface area contributed by atoms with Gasteiger partial charge in [-0.25, -0.2) is 8.42 Å². The lowest BCUT2D eigenvalue weighted by Crippen LogP contribution is -2.38. The average Bonchev–Trinajstić information content (AvgIpc) is 3.13. The third-order valence-corrected chi connectivity index (χ3v) is 6.89. The van der Waals surface area contributed by atoms with Gasteiger partial charge in [0.15, 0.2) is 22.7 Å². The van der Waals surface area contributed by atoms with Crippen molar-refractivity contribution in [2.75, 3.05) is 12.1 Å². The van der Waals surface area contributed by atoms with E-state index >= 15 is 0 Å². The van der Waals surface area contributed by atoms with Gasteiger partial charge in [0, 0.05) is 22.8 Å². The minimum absolute atomic E-state index is 0.00982. The first-order valence-corrected chi connectivity index (χ1v) is 11.0. The van der Waals surface area contributed by atoms with Crippen LogP contribution >= 0.6 is 11.6 Å². The number of hydrogen-bond acceptors (Lipinski definition) is 7. The molecule has 9 heteroatoms. The van der Waals surface area contributed by atoms with Crippen molar-refractivity contribution in [3.05, 3.63) is 58.2 Å². The molecule has 1 saturated carbocycles. The fourth-order valence-corrected chi connectivity index (χ4v) is 4.42. The normalized spacial score (nSPS) is 16.6. The zero-order chi connectivity index (χ0) is 20.4. The fraction of sp³-hybridized carbons (Fsp3) is 0.250. The van der Waals surface area contributed by atoms with Crippen LogP contribution in [0.15, 0.2) is 58.1 Å². The lowest BCUT2D eigenvalue weighted by Gasteiger charge is -2.30. The summed E-state index contributed by atoms with van der Waals surface area (Å²) in [6.07, 6.45) is 3.21. The molecule has 152 valence electrons. The molecule has 0 spiro atoms. The first-order chi connectivity index (χ1) is 14.0. The summed E-state index contributed by atoms with van der Waals surface area (Å²) in [5.41, 5.74) is 0.571. The Morgan fingerprint density at radius 1 is 1.07 bits per heavy atom. The molecule has 2 aromatic carbocycles. The molecule has 1 heterocycles. The van der Waals surface area contributed by atoms with Crippen LogP contribution in [-0.4, -0.2) is 27.5 Å². The first kappa shape index (κ1) is 19.6. The molecule has 7 nitrogen and oxygen atoms in total. The van der Waals surface area contributed by atoms with E-state index in [1.165, 1.54) is 24.3 Å². The van der Waals surface area contributed by atoms with E-state index in [-0.39, 0.29) is 28.5 Å². The Morgan fingerprint density at radius 2 is 1.79 bits per heavy atom. The largest absolute Gasteiger partial charge is 0.454 e. The lowest BCUT2D eigenvalue weighted by atomic mass is 9.93. The van der Waals surface area contributed by atoms with Crippen molar-refractivity contribution >= 4 is 33.4 Å². The molecule has 0 bridgehead atoms. The number of aldehydes is 1. The summed E-state index contributed by atoms with van der Waals surface area (Å²) in [7, 11) is -4.06. The van der Waals surface area contributed by atoms with Gasteiger partial charge in [0.1, 0.15) is 5.82 Å². The van der Waals surface area contributed by atoms with Gasteiger partial charge >= 0.3 is 0 Å². The van der Waals surface area contributed by atoms with Gasteiger partial charge in [-0.1, -0.05) is 11.6 Å². The third kappa shape index (κ3) is 4.04. The Balaban J connectivity index is 1.73. The van der Waals surface area contributed by atoms with Crippen LogP contribution in [0.2, 0.25) is 5.02 Å². The summed E-state index contributed by atoms with van der Waals surface area (Å²) in [5.74, 6) is 1.29. The SMILES string of the molecule is O=CC(=C(Nc1ccc2c(c1)OCO2)NC1CCC1)S(=O)(=O)c1ccc(Cl)cc1. The summed E-state index contributed by atoms with van der Waals surface area (Å²) >= 11 is 5.86. The van der Waals surface area contributed by atoms with Crippen LogP contribution in [0.3, 0.4) is 0 Å². The summed E-state index contributed by atoms with van der Waals surface area (Å²) in [6, 6.07) is 10.9. The van der Waals surface area contributed by atoms with Gasteiger partial charge in [-0.15, -0.1) is 0 Å². The van der Waals surface area contributed by atoms with Crippen molar-refractivity contribution in [2.45, 2.75) is 30.2 Å². The monoisotopic (exact) mass is 434 g/mol. The highest BCUT2D eigenvalue weighted by molar-refractivity contribution is 7.96. The van der Waals surface area contributed by atoms with Crippen molar-refractivity contribution in [1.29, 1.82) is 0 Å². The fourth-order valence-electron chi connectivity index (χ4n) is 3.04. The maximum atomic E-state index is 13.1. The van der Waals surface area contributed by atoms with E-state index in [1.54, 1.807) is 18.2 Å². The van der Waals surface area contributed by atoms with E-state index in [2.05, 4.69) is 10.6 Å². The summed E-state index contributed by atoms with van der Waals surface area (Å²) in [6.45, 7) is 0.131. The van der Waals surface area contributed by atoms with Gasteiger partial charge in [0.05, 0.1) is 4.90 Å². The predicted molar refractivity (Wildman–Crippen MR) is 109 cm³/mol. The number of carbonyl (C=O) groups is 1. The highest BCUT2D eigenvalue weighted by Crippen LogP contribution is 2.35. The first-order valence-electron chi connectivity index (χ1n) is 9.11. The molecule has 2 aliphatic rings.